The summed E-state index contributed by atoms with van der Waals surface area (Å²) in [7, 11) is 1.28. The van der Waals surface area contributed by atoms with Crippen LogP contribution in [0.1, 0.15) is 32.9 Å². The van der Waals surface area contributed by atoms with Crippen LogP contribution in [0, 0.1) is 18.3 Å². The van der Waals surface area contributed by atoms with E-state index >= 15 is 0 Å². The molecule has 1 N–H and O–H groups in total. The van der Waals surface area contributed by atoms with Crippen LogP contribution in [0.25, 0.3) is 0 Å². The molecule has 0 saturated carbocycles. The van der Waals surface area contributed by atoms with Gasteiger partial charge in [0.15, 0.2) is 0 Å². The number of aliphatic hydroxyl groups is 1. The molecule has 15 heavy (non-hydrogen) atoms. The molecular weight excluding hydrogens is 216 g/mol. The molecule has 1 aromatic heterocycles. The van der Waals surface area contributed by atoms with Crippen molar-refractivity contribution < 1.29 is 14.6 Å². The van der Waals surface area contributed by atoms with Crippen molar-refractivity contribution in [3.8, 4) is 6.07 Å². The summed E-state index contributed by atoms with van der Waals surface area (Å²) in [6.45, 7) is 1.66. The lowest BCUT2D eigenvalue weighted by Crippen LogP contribution is -1.99. The van der Waals surface area contributed by atoms with Gasteiger partial charge in [0, 0.05) is 0 Å². The van der Waals surface area contributed by atoms with Gasteiger partial charge in [-0.1, -0.05) is 0 Å². The van der Waals surface area contributed by atoms with Crippen LogP contribution >= 0.6 is 11.3 Å². The molecule has 1 atom stereocenters. The van der Waals surface area contributed by atoms with Crippen LogP contribution in [0.5, 0.6) is 0 Å². The highest BCUT2D eigenvalue weighted by Gasteiger charge is 2.19. The lowest BCUT2D eigenvalue weighted by Gasteiger charge is -1.98. The molecule has 0 aliphatic heterocycles. The summed E-state index contributed by atoms with van der Waals surface area (Å²) in [6, 6.07) is 1.84. The topological polar surface area (TPSA) is 83.2 Å². The molecule has 0 amide bonds. The highest BCUT2D eigenvalue weighted by Crippen LogP contribution is 2.25. The minimum Gasteiger partial charge on any atom is -0.465 e. The van der Waals surface area contributed by atoms with Gasteiger partial charge in [0.05, 0.1) is 25.3 Å². The molecule has 6 heteroatoms. The van der Waals surface area contributed by atoms with Gasteiger partial charge in [0.25, 0.3) is 0 Å². The van der Waals surface area contributed by atoms with Crippen molar-refractivity contribution in [2.45, 2.75) is 19.4 Å². The van der Waals surface area contributed by atoms with Gasteiger partial charge in [0.1, 0.15) is 16.0 Å². The molecule has 1 rings (SSSR count). The monoisotopic (exact) mass is 226 g/mol. The van der Waals surface area contributed by atoms with E-state index in [1.54, 1.807) is 6.92 Å². The Balaban J connectivity index is 2.96. The molecule has 80 valence electrons. The van der Waals surface area contributed by atoms with E-state index in [0.717, 1.165) is 11.3 Å². The van der Waals surface area contributed by atoms with E-state index in [9.17, 15) is 9.90 Å². The third kappa shape index (κ3) is 2.52. The average molecular weight is 226 g/mol. The number of carbonyl (C=O) groups is 1. The fraction of sp³-hybridized carbons (Fsp3) is 0.444. The second kappa shape index (κ2) is 4.87. The van der Waals surface area contributed by atoms with Gasteiger partial charge in [-0.15, -0.1) is 11.3 Å². The first-order valence-electron chi connectivity index (χ1n) is 4.20. The molecular formula is C9H10N2O3S. The van der Waals surface area contributed by atoms with Gasteiger partial charge in [-0.2, -0.15) is 5.26 Å². The smallest absolute Gasteiger partial charge is 0.349 e. The summed E-state index contributed by atoms with van der Waals surface area (Å²) in [5, 5.41) is 18.3. The van der Waals surface area contributed by atoms with Crippen molar-refractivity contribution in [2.75, 3.05) is 7.11 Å². The Morgan fingerprint density at radius 1 is 1.80 bits per heavy atom. The second-order valence-corrected chi connectivity index (χ2v) is 3.87. The molecule has 0 aliphatic carbocycles. The Bertz CT molecular complexity index is 408. The van der Waals surface area contributed by atoms with E-state index < -0.39 is 12.1 Å². The fourth-order valence-corrected chi connectivity index (χ4v) is 1.99. The Morgan fingerprint density at radius 2 is 2.47 bits per heavy atom. The standard InChI is InChI=1S/C9H10N2O3S/c1-5-7(9(13)14-2)15-8(11-5)6(12)3-4-10/h6,12H,3H2,1-2H3. The van der Waals surface area contributed by atoms with Crippen molar-refractivity contribution >= 4 is 17.3 Å². The molecule has 1 aromatic rings. The molecule has 1 unspecified atom stereocenters. The number of hydrogen-bond donors (Lipinski definition) is 1. The van der Waals surface area contributed by atoms with Crippen molar-refractivity contribution in [3.63, 3.8) is 0 Å². The molecule has 0 aliphatic rings. The molecule has 0 bridgehead atoms. The average Bonchev–Trinajstić information content (AvgIpc) is 2.60. The predicted molar refractivity (Wildman–Crippen MR) is 53.4 cm³/mol. The van der Waals surface area contributed by atoms with E-state index in [2.05, 4.69) is 9.72 Å². The Hall–Kier alpha value is -1.45. The number of nitriles is 1. The van der Waals surface area contributed by atoms with Crippen LogP contribution in [0.2, 0.25) is 0 Å². The predicted octanol–water partition coefficient (Wildman–Crippen LogP) is 1.19. The largest absolute Gasteiger partial charge is 0.465 e. The number of aryl methyl sites for hydroxylation is 1. The fourth-order valence-electron chi connectivity index (χ4n) is 1.02. The molecule has 0 radical (unpaired) electrons. The summed E-state index contributed by atoms with van der Waals surface area (Å²) >= 11 is 1.05. The summed E-state index contributed by atoms with van der Waals surface area (Å²) < 4.78 is 4.55. The molecule has 1 heterocycles. The SMILES string of the molecule is COC(=O)c1sc(C(O)CC#N)nc1C. The molecule has 0 aromatic carbocycles. The van der Waals surface area contributed by atoms with Crippen LogP contribution in [0.3, 0.4) is 0 Å². The Morgan fingerprint density at radius 3 is 3.00 bits per heavy atom. The number of esters is 1. The number of thiazole rings is 1. The zero-order chi connectivity index (χ0) is 11.4. The highest BCUT2D eigenvalue weighted by molar-refractivity contribution is 7.13. The number of aromatic nitrogens is 1. The maximum atomic E-state index is 11.2. The van der Waals surface area contributed by atoms with Crippen LogP contribution < -0.4 is 0 Å². The maximum absolute atomic E-state index is 11.2. The van der Waals surface area contributed by atoms with Crippen LogP contribution in [0.15, 0.2) is 0 Å². The number of rotatable bonds is 3. The van der Waals surface area contributed by atoms with Crippen molar-refractivity contribution in [3.05, 3.63) is 15.6 Å². The lowest BCUT2D eigenvalue weighted by atomic mass is 10.3. The molecule has 0 saturated heterocycles. The van der Waals surface area contributed by atoms with Gasteiger partial charge in [-0.3, -0.25) is 0 Å². The van der Waals surface area contributed by atoms with Gasteiger partial charge in [-0.25, -0.2) is 9.78 Å². The number of ether oxygens (including phenoxy) is 1. The van der Waals surface area contributed by atoms with Crippen molar-refractivity contribution in [1.82, 2.24) is 4.98 Å². The van der Waals surface area contributed by atoms with E-state index in [0.29, 0.717) is 15.6 Å². The molecule has 0 spiro atoms. The second-order valence-electron chi connectivity index (χ2n) is 2.84. The zero-order valence-corrected chi connectivity index (χ0v) is 9.17. The summed E-state index contributed by atoms with van der Waals surface area (Å²) in [4.78, 5) is 15.6. The molecule has 0 fully saturated rings. The Labute approximate surface area is 90.9 Å². The van der Waals surface area contributed by atoms with Crippen LogP contribution in [0.4, 0.5) is 0 Å². The highest BCUT2D eigenvalue weighted by atomic mass is 32.1. The van der Waals surface area contributed by atoms with Crippen molar-refractivity contribution in [2.24, 2.45) is 0 Å². The first-order chi connectivity index (χ1) is 7.10. The number of aliphatic hydroxyl groups excluding tert-OH is 1. The summed E-state index contributed by atoms with van der Waals surface area (Å²) in [6.07, 6.45) is -0.967. The third-order valence-corrected chi connectivity index (χ3v) is 2.99. The van der Waals surface area contributed by atoms with E-state index in [1.807, 2.05) is 6.07 Å². The van der Waals surface area contributed by atoms with Gasteiger partial charge < -0.3 is 9.84 Å². The number of hydrogen-bond acceptors (Lipinski definition) is 6. The zero-order valence-electron chi connectivity index (χ0n) is 8.35. The first kappa shape index (κ1) is 11.6. The number of methoxy groups -OCH3 is 1. The van der Waals surface area contributed by atoms with Gasteiger partial charge in [-0.05, 0) is 6.92 Å². The van der Waals surface area contributed by atoms with Gasteiger partial charge >= 0.3 is 5.97 Å². The number of nitrogens with zero attached hydrogens (tertiary/aromatic N) is 2. The first-order valence-corrected chi connectivity index (χ1v) is 5.02. The minimum absolute atomic E-state index is 0.0342. The minimum atomic E-state index is -0.933. The Kier molecular flexibility index (Phi) is 3.77. The third-order valence-electron chi connectivity index (χ3n) is 1.75. The number of carbonyl (C=O) groups excluding carboxylic acids is 1. The lowest BCUT2D eigenvalue weighted by molar-refractivity contribution is 0.0605. The van der Waals surface area contributed by atoms with Crippen molar-refractivity contribution in [1.29, 1.82) is 5.26 Å². The van der Waals surface area contributed by atoms with E-state index in [4.69, 9.17) is 5.26 Å². The normalized spacial score (nSPS) is 11.9. The summed E-state index contributed by atoms with van der Waals surface area (Å²) in [5.41, 5.74) is 0.513. The quantitative estimate of drug-likeness (QED) is 0.782. The summed E-state index contributed by atoms with van der Waals surface area (Å²) in [5.74, 6) is -0.472. The maximum Gasteiger partial charge on any atom is 0.349 e. The van der Waals surface area contributed by atoms with Crippen LogP contribution in [-0.2, 0) is 4.74 Å². The van der Waals surface area contributed by atoms with E-state index in [1.165, 1.54) is 7.11 Å². The van der Waals surface area contributed by atoms with Crippen LogP contribution in [-0.4, -0.2) is 23.2 Å². The van der Waals surface area contributed by atoms with Gasteiger partial charge in [0.2, 0.25) is 0 Å². The molecule has 5 nitrogen and oxygen atoms in total. The van der Waals surface area contributed by atoms with E-state index in [-0.39, 0.29) is 6.42 Å².